The summed E-state index contributed by atoms with van der Waals surface area (Å²) in [6.07, 6.45) is 0. The fourth-order valence-electron chi connectivity index (χ4n) is 1.86. The van der Waals surface area contributed by atoms with Gasteiger partial charge in [0, 0.05) is 0 Å². The molecule has 0 saturated carbocycles. The average Bonchev–Trinajstić information content (AvgIpc) is 2.53. The molecule has 0 saturated heterocycles. The van der Waals surface area contributed by atoms with Gasteiger partial charge in [-0.25, -0.2) is 9.59 Å². The fraction of sp³-hybridized carbons (Fsp3) is 0.125. The Kier molecular flexibility index (Phi) is 4.15. The molecule has 4 heteroatoms. The van der Waals surface area contributed by atoms with Crippen molar-refractivity contribution in [3.05, 3.63) is 59.7 Å². The van der Waals surface area contributed by atoms with Crippen molar-refractivity contribution in [1.82, 2.24) is 0 Å². The Morgan fingerprint density at radius 1 is 0.750 bits per heavy atom. The van der Waals surface area contributed by atoms with Crippen molar-refractivity contribution < 1.29 is 19.1 Å². The zero-order valence-corrected chi connectivity index (χ0v) is 11.3. The smallest absolute Gasteiger partial charge is 0.337 e. The van der Waals surface area contributed by atoms with Gasteiger partial charge < -0.3 is 9.47 Å². The number of hydrogen-bond acceptors (Lipinski definition) is 4. The maximum atomic E-state index is 11.5. The first-order valence-corrected chi connectivity index (χ1v) is 6.03. The fourth-order valence-corrected chi connectivity index (χ4v) is 1.86. The van der Waals surface area contributed by atoms with Gasteiger partial charge in [-0.2, -0.15) is 0 Å². The zero-order chi connectivity index (χ0) is 14.5. The van der Waals surface area contributed by atoms with Crippen molar-refractivity contribution >= 4 is 11.9 Å². The van der Waals surface area contributed by atoms with Crippen LogP contribution in [0, 0.1) is 0 Å². The topological polar surface area (TPSA) is 52.6 Å². The van der Waals surface area contributed by atoms with E-state index in [1.54, 1.807) is 30.3 Å². The van der Waals surface area contributed by atoms with E-state index in [0.717, 1.165) is 11.1 Å². The van der Waals surface area contributed by atoms with E-state index >= 15 is 0 Å². The van der Waals surface area contributed by atoms with Gasteiger partial charge in [0.05, 0.1) is 25.3 Å². The minimum absolute atomic E-state index is 0.375. The molecule has 0 bridgehead atoms. The third-order valence-electron chi connectivity index (χ3n) is 2.92. The van der Waals surface area contributed by atoms with Crippen LogP contribution >= 0.6 is 0 Å². The lowest BCUT2D eigenvalue weighted by Crippen LogP contribution is -2.01. The predicted molar refractivity (Wildman–Crippen MR) is 74.6 cm³/mol. The molecule has 0 amide bonds. The summed E-state index contributed by atoms with van der Waals surface area (Å²) in [5.74, 6) is -0.752. The van der Waals surface area contributed by atoms with E-state index in [1.807, 2.05) is 18.2 Å². The number of rotatable bonds is 3. The van der Waals surface area contributed by atoms with Gasteiger partial charge in [-0.3, -0.25) is 0 Å². The molecule has 0 aliphatic carbocycles. The number of methoxy groups -OCH3 is 2. The number of carbonyl (C=O) groups is 2. The quantitative estimate of drug-likeness (QED) is 0.805. The van der Waals surface area contributed by atoms with Crippen molar-refractivity contribution in [2.75, 3.05) is 14.2 Å². The van der Waals surface area contributed by atoms with Crippen molar-refractivity contribution in [2.45, 2.75) is 0 Å². The summed E-state index contributed by atoms with van der Waals surface area (Å²) in [4.78, 5) is 22.9. The summed E-state index contributed by atoms with van der Waals surface area (Å²) in [6.45, 7) is 0. The van der Waals surface area contributed by atoms with Gasteiger partial charge in [-0.05, 0) is 35.4 Å². The Bertz CT molecular complexity index is 629. The molecule has 4 nitrogen and oxygen atoms in total. The molecule has 0 unspecified atom stereocenters. The van der Waals surface area contributed by atoms with E-state index in [2.05, 4.69) is 4.74 Å². The van der Waals surface area contributed by atoms with Crippen LogP contribution in [0.25, 0.3) is 11.1 Å². The Balaban J connectivity index is 2.32. The first kappa shape index (κ1) is 13.8. The van der Waals surface area contributed by atoms with Crippen LogP contribution in [-0.4, -0.2) is 26.2 Å². The molecule has 20 heavy (non-hydrogen) atoms. The standard InChI is InChI=1S/C16H14O4/c1-19-15(17)12-8-6-11(7-9-12)13-4-3-5-14(10-13)16(18)20-2/h3-10H,1-2H3. The second-order valence-corrected chi connectivity index (χ2v) is 4.14. The summed E-state index contributed by atoms with van der Waals surface area (Å²) in [6, 6.07) is 14.1. The largest absolute Gasteiger partial charge is 0.465 e. The van der Waals surface area contributed by atoms with E-state index in [1.165, 1.54) is 14.2 Å². The molecule has 102 valence electrons. The van der Waals surface area contributed by atoms with Crippen LogP contribution in [-0.2, 0) is 9.47 Å². The monoisotopic (exact) mass is 270 g/mol. The highest BCUT2D eigenvalue weighted by Gasteiger charge is 2.08. The van der Waals surface area contributed by atoms with E-state index in [9.17, 15) is 9.59 Å². The summed E-state index contributed by atoms with van der Waals surface area (Å²) in [7, 11) is 2.69. The van der Waals surface area contributed by atoms with E-state index in [0.29, 0.717) is 11.1 Å². The number of esters is 2. The maximum Gasteiger partial charge on any atom is 0.337 e. The summed E-state index contributed by atoms with van der Waals surface area (Å²) >= 11 is 0. The van der Waals surface area contributed by atoms with Gasteiger partial charge in [0.25, 0.3) is 0 Å². The minimum Gasteiger partial charge on any atom is -0.465 e. The highest BCUT2D eigenvalue weighted by molar-refractivity contribution is 5.92. The second-order valence-electron chi connectivity index (χ2n) is 4.14. The molecule has 0 radical (unpaired) electrons. The SMILES string of the molecule is COC(=O)c1ccc(-c2cccc(C(=O)OC)c2)cc1. The number of hydrogen-bond donors (Lipinski definition) is 0. The van der Waals surface area contributed by atoms with E-state index < -0.39 is 0 Å². The zero-order valence-electron chi connectivity index (χ0n) is 11.3. The van der Waals surface area contributed by atoms with Gasteiger partial charge in [0.1, 0.15) is 0 Å². The predicted octanol–water partition coefficient (Wildman–Crippen LogP) is 2.93. The Labute approximate surface area is 116 Å². The molecule has 0 spiro atoms. The highest BCUT2D eigenvalue weighted by Crippen LogP contribution is 2.21. The van der Waals surface area contributed by atoms with Gasteiger partial charge in [-0.15, -0.1) is 0 Å². The number of ether oxygens (including phenoxy) is 2. The third-order valence-corrected chi connectivity index (χ3v) is 2.92. The third kappa shape index (κ3) is 2.85. The second kappa shape index (κ2) is 6.02. The molecule has 0 aliphatic rings. The molecular formula is C16H14O4. The Morgan fingerprint density at radius 3 is 1.95 bits per heavy atom. The first-order chi connectivity index (χ1) is 9.65. The van der Waals surface area contributed by atoms with Crippen LogP contribution in [0.1, 0.15) is 20.7 Å². The molecular weight excluding hydrogens is 256 g/mol. The van der Waals surface area contributed by atoms with Crippen LogP contribution < -0.4 is 0 Å². The van der Waals surface area contributed by atoms with Crippen LogP contribution in [0.15, 0.2) is 48.5 Å². The van der Waals surface area contributed by atoms with Gasteiger partial charge in [0.2, 0.25) is 0 Å². The molecule has 0 N–H and O–H groups in total. The van der Waals surface area contributed by atoms with Crippen LogP contribution in [0.4, 0.5) is 0 Å². The maximum absolute atomic E-state index is 11.5. The van der Waals surface area contributed by atoms with Gasteiger partial charge >= 0.3 is 11.9 Å². The molecule has 2 aromatic rings. The lowest BCUT2D eigenvalue weighted by atomic mass is 10.0. The molecule has 0 aromatic heterocycles. The molecule has 0 fully saturated rings. The number of benzene rings is 2. The van der Waals surface area contributed by atoms with Gasteiger partial charge in [0.15, 0.2) is 0 Å². The van der Waals surface area contributed by atoms with Crippen LogP contribution in [0.5, 0.6) is 0 Å². The van der Waals surface area contributed by atoms with Crippen molar-refractivity contribution in [2.24, 2.45) is 0 Å². The lowest BCUT2D eigenvalue weighted by molar-refractivity contribution is 0.0592. The van der Waals surface area contributed by atoms with Crippen LogP contribution in [0.3, 0.4) is 0 Å². The van der Waals surface area contributed by atoms with Crippen molar-refractivity contribution in [3.63, 3.8) is 0 Å². The molecule has 0 heterocycles. The summed E-state index contributed by atoms with van der Waals surface area (Å²) < 4.78 is 9.34. The normalized spacial score (nSPS) is 9.90. The highest BCUT2D eigenvalue weighted by atomic mass is 16.5. The number of carbonyl (C=O) groups excluding carboxylic acids is 2. The molecule has 2 rings (SSSR count). The first-order valence-electron chi connectivity index (χ1n) is 6.03. The van der Waals surface area contributed by atoms with E-state index in [4.69, 9.17) is 4.74 Å². The molecule has 2 aromatic carbocycles. The molecule has 0 atom stereocenters. The van der Waals surface area contributed by atoms with Gasteiger partial charge in [-0.1, -0.05) is 24.3 Å². The average molecular weight is 270 g/mol. The van der Waals surface area contributed by atoms with Crippen molar-refractivity contribution in [1.29, 1.82) is 0 Å². The summed E-state index contributed by atoms with van der Waals surface area (Å²) in [5, 5.41) is 0. The molecule has 0 aliphatic heterocycles. The summed E-state index contributed by atoms with van der Waals surface area (Å²) in [5.41, 5.74) is 2.76. The Hall–Kier alpha value is -2.62. The lowest BCUT2D eigenvalue weighted by Gasteiger charge is -2.05. The van der Waals surface area contributed by atoms with Crippen molar-refractivity contribution in [3.8, 4) is 11.1 Å². The Morgan fingerprint density at radius 2 is 1.35 bits per heavy atom. The minimum atomic E-state index is -0.377. The van der Waals surface area contributed by atoms with E-state index in [-0.39, 0.29) is 11.9 Å². The van der Waals surface area contributed by atoms with Crippen LogP contribution in [0.2, 0.25) is 0 Å².